The van der Waals surface area contributed by atoms with Crippen molar-refractivity contribution in [2.45, 2.75) is 58.5 Å². The SMILES string of the molecule is CC(C)n1cnnc1-c1cccc(-c2cn(C(C)C)c3ccc(-n4cnc(C5CC5)c4)cc3c2=O)n1. The van der Waals surface area contributed by atoms with Crippen molar-refractivity contribution < 1.29 is 0 Å². The molecule has 0 aliphatic heterocycles. The molecule has 0 unspecified atom stereocenters. The molecular formula is C28H29N7O. The summed E-state index contributed by atoms with van der Waals surface area (Å²) in [7, 11) is 0. The molecule has 0 N–H and O–H groups in total. The third-order valence-corrected chi connectivity index (χ3v) is 6.85. The van der Waals surface area contributed by atoms with Crippen LogP contribution in [0.15, 0.2) is 66.2 Å². The van der Waals surface area contributed by atoms with Gasteiger partial charge in [-0.05, 0) is 70.9 Å². The molecule has 1 aliphatic rings. The summed E-state index contributed by atoms with van der Waals surface area (Å²) in [6.45, 7) is 8.39. The Morgan fingerprint density at radius 1 is 0.917 bits per heavy atom. The first-order valence-electron chi connectivity index (χ1n) is 12.5. The van der Waals surface area contributed by atoms with Gasteiger partial charge in [0.05, 0.1) is 28.8 Å². The number of hydrogen-bond donors (Lipinski definition) is 0. The normalized spacial score (nSPS) is 13.8. The second-order valence-corrected chi connectivity index (χ2v) is 10.1. The Kier molecular flexibility index (Phi) is 5.32. The van der Waals surface area contributed by atoms with Gasteiger partial charge in [0, 0.05) is 41.5 Å². The molecule has 1 aliphatic carbocycles. The van der Waals surface area contributed by atoms with Gasteiger partial charge in [0.1, 0.15) is 12.0 Å². The Balaban J connectivity index is 1.51. The largest absolute Gasteiger partial charge is 0.344 e. The van der Waals surface area contributed by atoms with Crippen LogP contribution in [0.5, 0.6) is 0 Å². The molecule has 0 radical (unpaired) electrons. The molecule has 1 saturated carbocycles. The molecule has 0 spiro atoms. The number of benzene rings is 1. The van der Waals surface area contributed by atoms with E-state index in [1.54, 1.807) is 6.33 Å². The number of nitrogens with zero attached hydrogens (tertiary/aromatic N) is 7. The first kappa shape index (κ1) is 22.4. The second kappa shape index (κ2) is 8.55. The Bertz CT molecular complexity index is 1640. The first-order chi connectivity index (χ1) is 17.4. The maximum atomic E-state index is 13.9. The lowest BCUT2D eigenvalue weighted by Gasteiger charge is -2.18. The van der Waals surface area contributed by atoms with Gasteiger partial charge in [0.2, 0.25) is 0 Å². The zero-order valence-electron chi connectivity index (χ0n) is 21.0. The highest BCUT2D eigenvalue weighted by atomic mass is 16.1. The molecular weight excluding hydrogens is 450 g/mol. The van der Waals surface area contributed by atoms with E-state index in [-0.39, 0.29) is 17.5 Å². The van der Waals surface area contributed by atoms with E-state index >= 15 is 0 Å². The fourth-order valence-corrected chi connectivity index (χ4v) is 4.70. The summed E-state index contributed by atoms with van der Waals surface area (Å²) in [5.41, 5.74) is 4.79. The van der Waals surface area contributed by atoms with Crippen molar-refractivity contribution in [2.24, 2.45) is 0 Å². The lowest BCUT2D eigenvalue weighted by molar-refractivity contribution is 0.603. The summed E-state index contributed by atoms with van der Waals surface area (Å²) in [5, 5.41) is 9.02. The summed E-state index contributed by atoms with van der Waals surface area (Å²) in [6, 6.07) is 12.1. The molecule has 182 valence electrons. The van der Waals surface area contributed by atoms with Crippen LogP contribution in [0.3, 0.4) is 0 Å². The minimum absolute atomic E-state index is 0.0405. The zero-order chi connectivity index (χ0) is 25.0. The molecule has 6 rings (SSSR count). The molecule has 0 amide bonds. The summed E-state index contributed by atoms with van der Waals surface area (Å²) >= 11 is 0. The maximum Gasteiger partial charge on any atom is 0.198 e. The topological polar surface area (TPSA) is 83.4 Å². The van der Waals surface area contributed by atoms with Crippen molar-refractivity contribution in [2.75, 3.05) is 0 Å². The number of aromatic nitrogens is 7. The summed E-state index contributed by atoms with van der Waals surface area (Å²) in [4.78, 5) is 23.3. The van der Waals surface area contributed by atoms with E-state index in [1.165, 1.54) is 12.8 Å². The van der Waals surface area contributed by atoms with Gasteiger partial charge in [-0.25, -0.2) is 9.97 Å². The number of fused-ring (bicyclic) bond motifs is 1. The molecule has 36 heavy (non-hydrogen) atoms. The van der Waals surface area contributed by atoms with E-state index in [9.17, 15) is 4.79 Å². The predicted molar refractivity (Wildman–Crippen MR) is 140 cm³/mol. The summed E-state index contributed by atoms with van der Waals surface area (Å²) < 4.78 is 6.13. The number of pyridine rings is 2. The molecule has 8 nitrogen and oxygen atoms in total. The van der Waals surface area contributed by atoms with Crippen molar-refractivity contribution in [3.63, 3.8) is 0 Å². The van der Waals surface area contributed by atoms with Crippen LogP contribution in [-0.2, 0) is 0 Å². The van der Waals surface area contributed by atoms with Crippen molar-refractivity contribution >= 4 is 10.9 Å². The van der Waals surface area contributed by atoms with E-state index < -0.39 is 0 Å². The molecule has 5 aromatic rings. The highest BCUT2D eigenvalue weighted by Crippen LogP contribution is 2.39. The van der Waals surface area contributed by atoms with Crippen LogP contribution < -0.4 is 5.43 Å². The van der Waals surface area contributed by atoms with Crippen molar-refractivity contribution in [1.82, 2.24) is 33.9 Å². The average Bonchev–Trinajstić information content (AvgIpc) is 3.39. The van der Waals surface area contributed by atoms with Crippen LogP contribution in [0.25, 0.3) is 39.4 Å². The van der Waals surface area contributed by atoms with Crippen LogP contribution in [0.4, 0.5) is 0 Å². The number of imidazole rings is 1. The number of rotatable bonds is 6. The van der Waals surface area contributed by atoms with Crippen molar-refractivity contribution in [3.8, 4) is 28.5 Å². The van der Waals surface area contributed by atoms with Crippen LogP contribution in [-0.4, -0.2) is 33.9 Å². The van der Waals surface area contributed by atoms with Gasteiger partial charge in [-0.1, -0.05) is 6.07 Å². The van der Waals surface area contributed by atoms with Crippen molar-refractivity contribution in [1.29, 1.82) is 0 Å². The molecule has 1 fully saturated rings. The monoisotopic (exact) mass is 479 g/mol. The zero-order valence-corrected chi connectivity index (χ0v) is 21.0. The summed E-state index contributed by atoms with van der Waals surface area (Å²) in [5.74, 6) is 1.27. The standard InChI is InChI=1S/C28H29N7O/c1-17(2)34-13-22(23-6-5-7-24(31-23)28-32-30-16-35(28)18(3)4)27(36)21-12-20(10-11-26(21)34)33-14-25(29-15-33)19-8-9-19/h5-7,10-19H,8-9H2,1-4H3. The predicted octanol–water partition coefficient (Wildman–Crippen LogP) is 5.55. The van der Waals surface area contributed by atoms with Gasteiger partial charge in [-0.2, -0.15) is 0 Å². The highest BCUT2D eigenvalue weighted by Gasteiger charge is 2.26. The van der Waals surface area contributed by atoms with Gasteiger partial charge >= 0.3 is 0 Å². The fraction of sp³-hybridized carbons (Fsp3) is 0.321. The molecule has 1 aromatic carbocycles. The molecule has 0 saturated heterocycles. The first-order valence-corrected chi connectivity index (χ1v) is 12.5. The van der Waals surface area contributed by atoms with Gasteiger partial charge in [-0.3, -0.25) is 4.79 Å². The summed E-state index contributed by atoms with van der Waals surface area (Å²) in [6.07, 6.45) is 9.97. The van der Waals surface area contributed by atoms with Gasteiger partial charge in [0.25, 0.3) is 0 Å². The van der Waals surface area contributed by atoms with E-state index in [0.717, 1.165) is 16.9 Å². The third-order valence-electron chi connectivity index (χ3n) is 6.85. The number of hydrogen-bond acceptors (Lipinski definition) is 5. The second-order valence-electron chi connectivity index (χ2n) is 10.1. The highest BCUT2D eigenvalue weighted by molar-refractivity contribution is 5.85. The van der Waals surface area contributed by atoms with Crippen LogP contribution >= 0.6 is 0 Å². The minimum atomic E-state index is -0.0405. The van der Waals surface area contributed by atoms with Gasteiger partial charge < -0.3 is 13.7 Å². The van der Waals surface area contributed by atoms with Crippen LogP contribution in [0, 0.1) is 0 Å². The van der Waals surface area contributed by atoms with E-state index in [1.807, 2.05) is 52.0 Å². The third kappa shape index (κ3) is 3.82. The lowest BCUT2D eigenvalue weighted by Crippen LogP contribution is -2.14. The Morgan fingerprint density at radius 3 is 2.44 bits per heavy atom. The van der Waals surface area contributed by atoms with Crippen LogP contribution in [0.2, 0.25) is 0 Å². The molecule has 8 heteroatoms. The van der Waals surface area contributed by atoms with Crippen LogP contribution in [0.1, 0.15) is 64.2 Å². The van der Waals surface area contributed by atoms with E-state index in [0.29, 0.717) is 34.1 Å². The quantitative estimate of drug-likeness (QED) is 0.319. The van der Waals surface area contributed by atoms with Gasteiger partial charge in [0.15, 0.2) is 11.3 Å². The minimum Gasteiger partial charge on any atom is -0.344 e. The fourth-order valence-electron chi connectivity index (χ4n) is 4.70. The molecule has 4 heterocycles. The lowest BCUT2D eigenvalue weighted by atomic mass is 10.1. The maximum absolute atomic E-state index is 13.9. The molecule has 0 atom stereocenters. The Morgan fingerprint density at radius 2 is 1.69 bits per heavy atom. The van der Waals surface area contributed by atoms with E-state index in [2.05, 4.69) is 59.7 Å². The van der Waals surface area contributed by atoms with E-state index in [4.69, 9.17) is 4.98 Å². The smallest absolute Gasteiger partial charge is 0.198 e. The Hall–Kier alpha value is -4.07. The molecule has 4 aromatic heterocycles. The average molecular weight is 480 g/mol. The van der Waals surface area contributed by atoms with Crippen molar-refractivity contribution in [3.05, 3.63) is 77.4 Å². The Labute approximate surface area is 209 Å². The van der Waals surface area contributed by atoms with Gasteiger partial charge in [-0.15, -0.1) is 10.2 Å². The molecule has 0 bridgehead atoms.